The van der Waals surface area contributed by atoms with Gasteiger partial charge in [0.25, 0.3) is 5.91 Å². The monoisotopic (exact) mass is 513 g/mol. The van der Waals surface area contributed by atoms with Crippen LogP contribution >= 0.6 is 0 Å². The molecule has 0 aromatic heterocycles. The Morgan fingerprint density at radius 2 is 1.41 bits per heavy atom. The molecule has 0 aliphatic heterocycles. The van der Waals surface area contributed by atoms with E-state index in [2.05, 4.69) is 10.5 Å². The van der Waals surface area contributed by atoms with Gasteiger partial charge in [0.1, 0.15) is 17.2 Å². The molecule has 0 aliphatic rings. The molecule has 1 amide bonds. The normalized spacial score (nSPS) is 11.4. The van der Waals surface area contributed by atoms with Crippen molar-refractivity contribution in [1.29, 1.82) is 0 Å². The lowest BCUT2D eigenvalue weighted by atomic mass is 10.0. The minimum Gasteiger partial charge on any atom is -0.508 e. The summed E-state index contributed by atoms with van der Waals surface area (Å²) in [6.45, 7) is 2.98. The lowest BCUT2D eigenvalue weighted by molar-refractivity contribution is 0.0949. The van der Waals surface area contributed by atoms with E-state index in [-0.39, 0.29) is 28.8 Å². The number of amides is 1. The van der Waals surface area contributed by atoms with E-state index in [1.807, 2.05) is 12.1 Å². The van der Waals surface area contributed by atoms with Crippen molar-refractivity contribution in [1.82, 2.24) is 5.32 Å². The minimum atomic E-state index is -0.297. The van der Waals surface area contributed by atoms with Crippen LogP contribution < -0.4 is 15.8 Å². The van der Waals surface area contributed by atoms with E-state index in [0.29, 0.717) is 24.3 Å². The summed E-state index contributed by atoms with van der Waals surface area (Å²) in [6.07, 6.45) is 14.2. The molecule has 0 saturated carbocycles. The van der Waals surface area contributed by atoms with Crippen molar-refractivity contribution in [2.24, 2.45) is 10.9 Å². The van der Waals surface area contributed by atoms with Gasteiger partial charge in [0.2, 0.25) is 0 Å². The highest BCUT2D eigenvalue weighted by Gasteiger charge is 2.14. The number of nitrogens with two attached hydrogens (primary N) is 1. The number of phenolic OH excluding ortho intramolecular Hbond substituents is 2. The standard InChI is InChI=1S/C29H43N3O5/c1-22-20-24(33)21-26(34)27(22)29(35)31-18-12-10-8-6-4-2-3-5-7-9-11-13-19-37-25-16-14-23(15-17-25)28(30)32-36/h14-17,20-21,33-34,36H,2-13,18-19H2,1H3,(H2,30,32)(H,31,35). The molecule has 0 atom stereocenters. The fourth-order valence-corrected chi connectivity index (χ4v) is 4.30. The van der Waals surface area contributed by atoms with Gasteiger partial charge in [-0.15, -0.1) is 0 Å². The van der Waals surface area contributed by atoms with Crippen molar-refractivity contribution in [2.45, 2.75) is 84.0 Å². The topological polar surface area (TPSA) is 137 Å². The van der Waals surface area contributed by atoms with Crippen molar-refractivity contribution in [2.75, 3.05) is 13.2 Å². The average Bonchev–Trinajstić information content (AvgIpc) is 2.87. The summed E-state index contributed by atoms with van der Waals surface area (Å²) in [5, 5.41) is 33.9. The van der Waals surface area contributed by atoms with Crippen LogP contribution in [0.3, 0.4) is 0 Å². The molecule has 37 heavy (non-hydrogen) atoms. The number of oxime groups is 1. The number of rotatable bonds is 18. The van der Waals surface area contributed by atoms with Crippen LogP contribution in [0.25, 0.3) is 0 Å². The molecule has 0 unspecified atom stereocenters. The van der Waals surface area contributed by atoms with Gasteiger partial charge in [-0.05, 0) is 55.7 Å². The lowest BCUT2D eigenvalue weighted by Crippen LogP contribution is -2.25. The predicted molar refractivity (Wildman–Crippen MR) is 147 cm³/mol. The number of benzene rings is 2. The van der Waals surface area contributed by atoms with Crippen LogP contribution in [0.15, 0.2) is 41.6 Å². The summed E-state index contributed by atoms with van der Waals surface area (Å²) in [4.78, 5) is 12.3. The SMILES string of the molecule is Cc1cc(O)cc(O)c1C(=O)NCCCCCCCCCCCCCCOc1ccc(/C(N)=N/O)cc1. The third kappa shape index (κ3) is 11.5. The van der Waals surface area contributed by atoms with Crippen LogP contribution in [0.5, 0.6) is 17.2 Å². The molecule has 0 spiro atoms. The van der Waals surface area contributed by atoms with Crippen molar-refractivity contribution < 1.29 is 25.0 Å². The quantitative estimate of drug-likeness (QED) is 0.0546. The summed E-state index contributed by atoms with van der Waals surface area (Å²) in [7, 11) is 0. The van der Waals surface area contributed by atoms with E-state index >= 15 is 0 Å². The Morgan fingerprint density at radius 3 is 1.95 bits per heavy atom. The van der Waals surface area contributed by atoms with E-state index in [9.17, 15) is 15.0 Å². The predicted octanol–water partition coefficient (Wildman–Crippen LogP) is 5.99. The van der Waals surface area contributed by atoms with Gasteiger partial charge in [-0.3, -0.25) is 4.79 Å². The second kappa shape index (κ2) is 17.1. The highest BCUT2D eigenvalue weighted by Crippen LogP contribution is 2.26. The van der Waals surface area contributed by atoms with Gasteiger partial charge < -0.3 is 31.2 Å². The number of aryl methyl sites for hydroxylation is 1. The van der Waals surface area contributed by atoms with E-state index in [1.54, 1.807) is 19.1 Å². The molecule has 0 saturated heterocycles. The Labute approximate surface area is 220 Å². The van der Waals surface area contributed by atoms with Gasteiger partial charge in [-0.2, -0.15) is 0 Å². The van der Waals surface area contributed by atoms with Crippen LogP contribution in [-0.4, -0.2) is 40.3 Å². The molecule has 0 radical (unpaired) electrons. The van der Waals surface area contributed by atoms with Gasteiger partial charge >= 0.3 is 0 Å². The molecule has 8 heteroatoms. The Hall–Kier alpha value is -3.42. The van der Waals surface area contributed by atoms with Gasteiger partial charge in [0.05, 0.1) is 12.2 Å². The van der Waals surface area contributed by atoms with Gasteiger partial charge in [0, 0.05) is 18.2 Å². The maximum absolute atomic E-state index is 12.3. The zero-order chi connectivity index (χ0) is 26.9. The summed E-state index contributed by atoms with van der Waals surface area (Å²) in [5.41, 5.74) is 7.01. The Balaban J connectivity index is 1.36. The van der Waals surface area contributed by atoms with Gasteiger partial charge in [0.15, 0.2) is 5.84 Å². The molecule has 2 rings (SSSR count). The zero-order valence-corrected chi connectivity index (χ0v) is 22.0. The number of hydrogen-bond acceptors (Lipinski definition) is 6. The summed E-state index contributed by atoms with van der Waals surface area (Å²) in [6, 6.07) is 9.88. The Bertz CT molecular complexity index is 953. The van der Waals surface area contributed by atoms with E-state index in [4.69, 9.17) is 15.7 Å². The molecule has 0 aliphatic carbocycles. The number of phenols is 2. The number of ether oxygens (including phenoxy) is 1. The first kappa shape index (κ1) is 29.8. The summed E-state index contributed by atoms with van der Waals surface area (Å²) in [5.74, 6) is 0.354. The van der Waals surface area contributed by atoms with Crippen LogP contribution in [0.1, 0.15) is 98.5 Å². The molecule has 0 heterocycles. The van der Waals surface area contributed by atoms with Crippen LogP contribution in [0.4, 0.5) is 0 Å². The van der Waals surface area contributed by atoms with Gasteiger partial charge in [-0.1, -0.05) is 69.4 Å². The van der Waals surface area contributed by atoms with E-state index in [1.165, 1.54) is 69.9 Å². The summed E-state index contributed by atoms with van der Waals surface area (Å²) < 4.78 is 5.74. The first-order chi connectivity index (χ1) is 17.9. The smallest absolute Gasteiger partial charge is 0.255 e. The van der Waals surface area contributed by atoms with Crippen LogP contribution in [-0.2, 0) is 0 Å². The van der Waals surface area contributed by atoms with E-state index < -0.39 is 0 Å². The second-order valence-corrected chi connectivity index (χ2v) is 9.51. The van der Waals surface area contributed by atoms with Crippen LogP contribution in [0, 0.1) is 6.92 Å². The molecule has 2 aromatic carbocycles. The third-order valence-corrected chi connectivity index (χ3v) is 6.41. The molecular formula is C29H43N3O5. The zero-order valence-electron chi connectivity index (χ0n) is 22.0. The Kier molecular flexibility index (Phi) is 13.8. The number of nitrogens with one attached hydrogen (secondary N) is 1. The number of carbonyl (C=O) groups is 1. The van der Waals surface area contributed by atoms with E-state index in [0.717, 1.165) is 25.0 Å². The van der Waals surface area contributed by atoms with Crippen LogP contribution in [0.2, 0.25) is 0 Å². The maximum Gasteiger partial charge on any atom is 0.255 e. The molecule has 6 N–H and O–H groups in total. The molecule has 0 fully saturated rings. The lowest BCUT2D eigenvalue weighted by Gasteiger charge is -2.10. The molecular weight excluding hydrogens is 470 g/mol. The van der Waals surface area contributed by atoms with Crippen molar-refractivity contribution in [3.8, 4) is 17.2 Å². The first-order valence-electron chi connectivity index (χ1n) is 13.4. The Morgan fingerprint density at radius 1 is 0.865 bits per heavy atom. The van der Waals surface area contributed by atoms with Crippen molar-refractivity contribution in [3.63, 3.8) is 0 Å². The summed E-state index contributed by atoms with van der Waals surface area (Å²) >= 11 is 0. The number of amidine groups is 1. The number of nitrogens with zero attached hydrogens (tertiary/aromatic N) is 1. The molecule has 2 aromatic rings. The van der Waals surface area contributed by atoms with Gasteiger partial charge in [-0.25, -0.2) is 0 Å². The average molecular weight is 514 g/mol. The molecule has 0 bridgehead atoms. The highest BCUT2D eigenvalue weighted by molar-refractivity contribution is 5.98. The third-order valence-electron chi connectivity index (χ3n) is 6.41. The number of hydrogen-bond donors (Lipinski definition) is 5. The number of aromatic hydroxyl groups is 2. The fraction of sp³-hybridized carbons (Fsp3) is 0.517. The molecule has 204 valence electrons. The van der Waals surface area contributed by atoms with Crippen molar-refractivity contribution in [3.05, 3.63) is 53.1 Å². The number of carbonyl (C=O) groups excluding carboxylic acids is 1. The molecule has 8 nitrogen and oxygen atoms in total. The largest absolute Gasteiger partial charge is 0.508 e. The first-order valence-corrected chi connectivity index (χ1v) is 13.4. The number of unbranched alkanes of at least 4 members (excludes halogenated alkanes) is 11. The second-order valence-electron chi connectivity index (χ2n) is 9.51. The fourth-order valence-electron chi connectivity index (χ4n) is 4.30. The minimum absolute atomic E-state index is 0.0460. The maximum atomic E-state index is 12.3. The van der Waals surface area contributed by atoms with Crippen molar-refractivity contribution >= 4 is 11.7 Å². The highest BCUT2D eigenvalue weighted by atomic mass is 16.5.